The molecule has 12 heteroatoms. The number of nitrogens with one attached hydrogen (secondary N) is 2. The van der Waals surface area contributed by atoms with Gasteiger partial charge in [-0.25, -0.2) is 25.8 Å². The predicted octanol–water partition coefficient (Wildman–Crippen LogP) is -0.946. The fourth-order valence-electron chi connectivity index (χ4n) is 1.30. The lowest BCUT2D eigenvalue weighted by Crippen LogP contribution is -2.29. The van der Waals surface area contributed by atoms with E-state index < -0.39 is 35.5 Å². The van der Waals surface area contributed by atoms with Crippen molar-refractivity contribution in [3.05, 3.63) is 11.9 Å². The number of rotatable bonds is 6. The van der Waals surface area contributed by atoms with E-state index in [0.717, 1.165) is 6.20 Å². The summed E-state index contributed by atoms with van der Waals surface area (Å²) in [6.45, 7) is 1.16. The number of sulfonamides is 2. The molecule has 116 valence electrons. The molecule has 0 aromatic carbocycles. The lowest BCUT2D eigenvalue weighted by Gasteiger charge is -2.05. The third-order valence-corrected chi connectivity index (χ3v) is 6.66. The summed E-state index contributed by atoms with van der Waals surface area (Å²) < 4.78 is 63.2. The van der Waals surface area contributed by atoms with Gasteiger partial charge in [0.1, 0.15) is 4.90 Å². The minimum Gasteiger partial charge on any atom is -0.281 e. The monoisotopic (exact) mass is 344 g/mol. The largest absolute Gasteiger partial charge is 0.281 e. The van der Waals surface area contributed by atoms with Gasteiger partial charge in [-0.2, -0.15) is 5.10 Å². The zero-order valence-electron chi connectivity index (χ0n) is 11.2. The van der Waals surface area contributed by atoms with Crippen LogP contribution >= 0.6 is 0 Å². The number of aromatic amines is 1. The van der Waals surface area contributed by atoms with Crippen LogP contribution in [0.25, 0.3) is 0 Å². The molecule has 0 spiro atoms. The van der Waals surface area contributed by atoms with Crippen molar-refractivity contribution in [3.63, 3.8) is 0 Å². The van der Waals surface area contributed by atoms with Crippen LogP contribution in [0.2, 0.25) is 0 Å². The molecule has 0 bridgehead atoms. The molecule has 0 radical (unpaired) electrons. The number of H-pyrrole nitrogens is 1. The molecule has 0 saturated carbocycles. The number of hydrogen-bond donors (Lipinski definition) is 2. The molecule has 0 saturated heterocycles. The van der Waals surface area contributed by atoms with Gasteiger partial charge in [0.2, 0.25) is 10.0 Å². The smallest absolute Gasteiger partial charge is 0.262 e. The Morgan fingerprint density at radius 1 is 1.25 bits per heavy atom. The Balaban J connectivity index is 2.76. The molecule has 0 aliphatic heterocycles. The maximum atomic E-state index is 11.8. The molecule has 0 amide bonds. The second-order valence-corrected chi connectivity index (χ2v) is 10.6. The molecule has 1 aromatic rings. The molecule has 20 heavy (non-hydrogen) atoms. The quantitative estimate of drug-likeness (QED) is 0.682. The summed E-state index contributed by atoms with van der Waals surface area (Å²) >= 11 is 0. The first-order chi connectivity index (χ1) is 8.93. The minimum absolute atomic E-state index is 0.0541. The van der Waals surface area contributed by atoms with Gasteiger partial charge in [-0.05, 0) is 6.92 Å². The van der Waals surface area contributed by atoms with E-state index in [9.17, 15) is 21.0 Å². The summed E-state index contributed by atoms with van der Waals surface area (Å²) in [5, 5.41) is 6.04. The van der Waals surface area contributed by atoms with Crippen LogP contribution in [-0.4, -0.2) is 56.1 Å². The van der Waals surface area contributed by atoms with Crippen molar-refractivity contribution in [1.82, 2.24) is 14.9 Å². The Hall–Kier alpha value is -0.980. The van der Waals surface area contributed by atoms with Crippen molar-refractivity contribution < 1.29 is 21.0 Å². The summed E-state index contributed by atoms with van der Waals surface area (Å²) in [6.07, 6.45) is 3.49. The standard InChI is InChI=1S/C8H16N4O5S3/c1-7-8(6-9-11-7)20(16,17)10-4-5-19(14,15)12-18(2,3)13/h6,10H,4-5H2,1-3H3,(H,9,11). The van der Waals surface area contributed by atoms with Crippen LogP contribution in [0.5, 0.6) is 0 Å². The third kappa shape index (κ3) is 5.19. The van der Waals surface area contributed by atoms with E-state index in [1.54, 1.807) is 0 Å². The number of nitrogens with zero attached hydrogens (tertiary/aromatic N) is 2. The van der Waals surface area contributed by atoms with Crippen LogP contribution in [0.1, 0.15) is 5.69 Å². The number of hydrogen-bond acceptors (Lipinski definition) is 6. The Labute approximate surface area is 118 Å². The van der Waals surface area contributed by atoms with Gasteiger partial charge in [-0.1, -0.05) is 0 Å². The molecule has 2 N–H and O–H groups in total. The zero-order chi connectivity index (χ0) is 15.6. The van der Waals surface area contributed by atoms with Gasteiger partial charge in [-0.15, -0.1) is 3.77 Å². The van der Waals surface area contributed by atoms with Gasteiger partial charge in [0, 0.05) is 19.1 Å². The molecule has 0 aliphatic carbocycles. The molecular formula is C8H16N4O5S3. The molecule has 0 aliphatic rings. The molecule has 0 unspecified atom stereocenters. The van der Waals surface area contributed by atoms with Crippen molar-refractivity contribution in [1.29, 1.82) is 0 Å². The fraction of sp³-hybridized carbons (Fsp3) is 0.625. The van der Waals surface area contributed by atoms with Crippen LogP contribution in [0, 0.1) is 6.92 Å². The van der Waals surface area contributed by atoms with Crippen molar-refractivity contribution in [2.45, 2.75) is 11.8 Å². The summed E-state index contributed by atoms with van der Waals surface area (Å²) in [5.74, 6) is -0.568. The summed E-state index contributed by atoms with van der Waals surface area (Å²) in [4.78, 5) is -0.0541. The van der Waals surface area contributed by atoms with Crippen molar-refractivity contribution in [2.75, 3.05) is 24.8 Å². The van der Waals surface area contributed by atoms with E-state index in [4.69, 9.17) is 0 Å². The molecule has 1 rings (SSSR count). The molecular weight excluding hydrogens is 328 g/mol. The Kier molecular flexibility index (Phi) is 4.94. The van der Waals surface area contributed by atoms with Gasteiger partial charge in [-0.3, -0.25) is 5.10 Å². The Morgan fingerprint density at radius 2 is 1.85 bits per heavy atom. The molecule has 9 nitrogen and oxygen atoms in total. The maximum absolute atomic E-state index is 11.8. The minimum atomic E-state index is -3.94. The average Bonchev–Trinajstić information content (AvgIpc) is 2.60. The summed E-state index contributed by atoms with van der Waals surface area (Å²) in [6, 6.07) is 0. The van der Waals surface area contributed by atoms with Gasteiger partial charge in [0.15, 0.2) is 0 Å². The first-order valence-corrected chi connectivity index (χ1v) is 10.8. The van der Waals surface area contributed by atoms with E-state index >= 15 is 0 Å². The van der Waals surface area contributed by atoms with Gasteiger partial charge in [0.25, 0.3) is 10.0 Å². The van der Waals surface area contributed by atoms with Crippen molar-refractivity contribution in [2.24, 2.45) is 3.77 Å². The molecule has 1 aromatic heterocycles. The SMILES string of the molecule is Cc1[nH]ncc1S(=O)(=O)NCCS(=O)(=O)N=S(C)(C)=O. The van der Waals surface area contributed by atoms with Crippen molar-refractivity contribution in [3.8, 4) is 0 Å². The maximum Gasteiger partial charge on any atom is 0.262 e. The highest BCUT2D eigenvalue weighted by molar-refractivity contribution is 8.02. The Bertz CT molecular complexity index is 791. The second-order valence-electron chi connectivity index (χ2n) is 4.30. The molecule has 1 heterocycles. The number of aryl methyl sites for hydroxylation is 1. The van der Waals surface area contributed by atoms with Gasteiger partial charge in [0.05, 0.1) is 27.4 Å². The highest BCUT2D eigenvalue weighted by atomic mass is 32.3. The highest BCUT2D eigenvalue weighted by Crippen LogP contribution is 2.10. The Morgan fingerprint density at radius 3 is 2.30 bits per heavy atom. The van der Waals surface area contributed by atoms with E-state index in [1.165, 1.54) is 19.4 Å². The lowest BCUT2D eigenvalue weighted by atomic mass is 10.5. The van der Waals surface area contributed by atoms with Crippen LogP contribution in [0.15, 0.2) is 14.9 Å². The van der Waals surface area contributed by atoms with Crippen LogP contribution in [0.3, 0.4) is 0 Å². The molecule has 0 atom stereocenters. The highest BCUT2D eigenvalue weighted by Gasteiger charge is 2.19. The van der Waals surface area contributed by atoms with Gasteiger partial charge >= 0.3 is 0 Å². The van der Waals surface area contributed by atoms with Crippen LogP contribution < -0.4 is 4.72 Å². The zero-order valence-corrected chi connectivity index (χ0v) is 13.6. The first-order valence-electron chi connectivity index (χ1n) is 5.34. The second kappa shape index (κ2) is 5.79. The van der Waals surface area contributed by atoms with Crippen LogP contribution in [-0.2, 0) is 29.8 Å². The van der Waals surface area contributed by atoms with E-state index in [-0.39, 0.29) is 11.4 Å². The summed E-state index contributed by atoms with van der Waals surface area (Å²) in [7, 11) is -10.6. The van der Waals surface area contributed by atoms with E-state index in [0.29, 0.717) is 5.69 Å². The van der Waals surface area contributed by atoms with Crippen LogP contribution in [0.4, 0.5) is 0 Å². The normalized spacial score (nSPS) is 13.3. The molecule has 0 fully saturated rings. The van der Waals surface area contributed by atoms with E-state index in [1.807, 2.05) is 0 Å². The average molecular weight is 344 g/mol. The van der Waals surface area contributed by atoms with Gasteiger partial charge < -0.3 is 0 Å². The van der Waals surface area contributed by atoms with Crippen molar-refractivity contribution >= 4 is 29.8 Å². The first kappa shape index (κ1) is 17.1. The van der Waals surface area contributed by atoms with E-state index in [2.05, 4.69) is 18.7 Å². The fourth-order valence-corrected chi connectivity index (χ4v) is 5.45. The summed E-state index contributed by atoms with van der Waals surface area (Å²) in [5.41, 5.74) is 0.343. The number of aromatic nitrogens is 2. The predicted molar refractivity (Wildman–Crippen MR) is 74.7 cm³/mol. The lowest BCUT2D eigenvalue weighted by molar-refractivity contribution is 0.581. The third-order valence-electron chi connectivity index (χ3n) is 2.02. The topological polar surface area (TPSA) is 138 Å².